The van der Waals surface area contributed by atoms with Crippen molar-refractivity contribution < 1.29 is 14.6 Å². The van der Waals surface area contributed by atoms with Crippen LogP contribution in [-0.4, -0.2) is 12.2 Å². The molecule has 0 saturated carbocycles. The predicted molar refractivity (Wildman–Crippen MR) is 70.4 cm³/mol. The molecule has 0 radical (unpaired) electrons. The second-order valence-corrected chi connectivity index (χ2v) is 4.10. The molecule has 0 aliphatic rings. The normalized spacial score (nSPS) is 10.2. The second-order valence-electron chi connectivity index (χ2n) is 3.66. The van der Waals surface area contributed by atoms with Gasteiger partial charge in [-0.2, -0.15) is 0 Å². The highest BCUT2D eigenvalue weighted by Crippen LogP contribution is 2.33. The van der Waals surface area contributed by atoms with Crippen LogP contribution in [0, 0.1) is 0 Å². The van der Waals surface area contributed by atoms with E-state index in [4.69, 9.17) is 21.1 Å². The van der Waals surface area contributed by atoms with Crippen LogP contribution in [0.25, 0.3) is 0 Å². The molecule has 0 heterocycles. The number of hydrogen-bond donors (Lipinski definition) is 1. The molecule has 0 atom stereocenters. The number of aliphatic hydroxyl groups excluding tert-OH is 1. The predicted octanol–water partition coefficient (Wildman–Crippen LogP) is 3.63. The van der Waals surface area contributed by atoms with Gasteiger partial charge in [0.15, 0.2) is 11.5 Å². The molecule has 2 rings (SSSR count). The Bertz CT molecular complexity index is 540. The zero-order valence-electron chi connectivity index (χ0n) is 9.89. The highest BCUT2D eigenvalue weighted by molar-refractivity contribution is 6.30. The summed E-state index contributed by atoms with van der Waals surface area (Å²) in [6.07, 6.45) is 0. The summed E-state index contributed by atoms with van der Waals surface area (Å²) in [5, 5.41) is 9.84. The number of hydrogen-bond acceptors (Lipinski definition) is 3. The fourth-order valence-corrected chi connectivity index (χ4v) is 1.79. The summed E-state index contributed by atoms with van der Waals surface area (Å²) in [7, 11) is 1.58. The van der Waals surface area contributed by atoms with Crippen molar-refractivity contribution in [3.8, 4) is 17.2 Å². The van der Waals surface area contributed by atoms with Gasteiger partial charge in [-0.05, 0) is 30.3 Å². The number of rotatable bonds is 4. The van der Waals surface area contributed by atoms with E-state index in [2.05, 4.69) is 0 Å². The fraction of sp³-hybridized carbons (Fsp3) is 0.143. The maximum atomic E-state index is 9.28. The first kappa shape index (κ1) is 12.7. The Balaban J connectivity index is 2.33. The van der Waals surface area contributed by atoms with Crippen molar-refractivity contribution in [2.75, 3.05) is 7.11 Å². The van der Waals surface area contributed by atoms with Crippen molar-refractivity contribution in [3.63, 3.8) is 0 Å². The van der Waals surface area contributed by atoms with Crippen LogP contribution >= 0.6 is 11.6 Å². The van der Waals surface area contributed by atoms with Gasteiger partial charge in [0, 0.05) is 10.6 Å². The van der Waals surface area contributed by atoms with Gasteiger partial charge in [0.2, 0.25) is 0 Å². The van der Waals surface area contributed by atoms with Gasteiger partial charge in [-0.25, -0.2) is 0 Å². The van der Waals surface area contributed by atoms with Crippen molar-refractivity contribution in [2.24, 2.45) is 0 Å². The molecule has 3 nitrogen and oxygen atoms in total. The summed E-state index contributed by atoms with van der Waals surface area (Å²) < 4.78 is 10.9. The van der Waals surface area contributed by atoms with Gasteiger partial charge in [-0.15, -0.1) is 0 Å². The molecule has 0 fully saturated rings. The molecule has 0 aliphatic heterocycles. The van der Waals surface area contributed by atoms with Crippen molar-refractivity contribution in [2.45, 2.75) is 6.61 Å². The molecule has 0 amide bonds. The average molecular weight is 265 g/mol. The Morgan fingerprint density at radius 1 is 1.06 bits per heavy atom. The minimum atomic E-state index is -0.134. The summed E-state index contributed by atoms with van der Waals surface area (Å²) in [6, 6.07) is 12.4. The Kier molecular flexibility index (Phi) is 4.07. The molecular weight excluding hydrogens is 252 g/mol. The molecule has 4 heteroatoms. The van der Waals surface area contributed by atoms with Crippen molar-refractivity contribution in [1.82, 2.24) is 0 Å². The average Bonchev–Trinajstić information content (AvgIpc) is 2.41. The summed E-state index contributed by atoms with van der Waals surface area (Å²) >= 11 is 5.87. The first-order chi connectivity index (χ1) is 8.74. The van der Waals surface area contributed by atoms with Crippen LogP contribution in [0.5, 0.6) is 17.2 Å². The Hall–Kier alpha value is -1.71. The quantitative estimate of drug-likeness (QED) is 0.916. The fourth-order valence-electron chi connectivity index (χ4n) is 1.59. The molecule has 18 heavy (non-hydrogen) atoms. The number of aliphatic hydroxyl groups is 1. The van der Waals surface area contributed by atoms with Gasteiger partial charge in [0.1, 0.15) is 5.75 Å². The Morgan fingerprint density at radius 2 is 1.78 bits per heavy atom. The number of methoxy groups -OCH3 is 1. The second kappa shape index (κ2) is 5.76. The third kappa shape index (κ3) is 2.75. The monoisotopic (exact) mass is 264 g/mol. The van der Waals surface area contributed by atoms with Crippen molar-refractivity contribution in [3.05, 3.63) is 53.1 Å². The Labute approximate surface area is 111 Å². The first-order valence-electron chi connectivity index (χ1n) is 5.44. The molecule has 0 bridgehead atoms. The van der Waals surface area contributed by atoms with E-state index in [-0.39, 0.29) is 6.61 Å². The van der Waals surface area contributed by atoms with E-state index >= 15 is 0 Å². The lowest BCUT2D eigenvalue weighted by molar-refractivity contribution is 0.275. The van der Waals surface area contributed by atoms with E-state index in [0.29, 0.717) is 27.8 Å². The summed E-state index contributed by atoms with van der Waals surface area (Å²) in [5.74, 6) is 1.79. The van der Waals surface area contributed by atoms with E-state index in [1.165, 1.54) is 0 Å². The summed E-state index contributed by atoms with van der Waals surface area (Å²) in [6.45, 7) is -0.134. The lowest BCUT2D eigenvalue weighted by Crippen LogP contribution is -1.94. The zero-order valence-corrected chi connectivity index (χ0v) is 10.6. The maximum Gasteiger partial charge on any atom is 0.169 e. The number of para-hydroxylation sites is 2. The topological polar surface area (TPSA) is 38.7 Å². The summed E-state index contributed by atoms with van der Waals surface area (Å²) in [5.41, 5.74) is 0.633. The van der Waals surface area contributed by atoms with E-state index < -0.39 is 0 Å². The molecule has 1 N–H and O–H groups in total. The third-order valence-corrected chi connectivity index (χ3v) is 2.72. The van der Waals surface area contributed by atoms with Gasteiger partial charge in [0.25, 0.3) is 0 Å². The number of benzene rings is 2. The zero-order chi connectivity index (χ0) is 13.0. The molecule has 94 valence electrons. The highest BCUT2D eigenvalue weighted by Gasteiger charge is 2.08. The SMILES string of the molecule is COc1ccccc1Oc1ccc(Cl)cc1CO. The van der Waals surface area contributed by atoms with Crippen LogP contribution in [0.3, 0.4) is 0 Å². The van der Waals surface area contributed by atoms with Crippen LogP contribution in [0.4, 0.5) is 0 Å². The molecule has 0 aromatic heterocycles. The number of ether oxygens (including phenoxy) is 2. The van der Waals surface area contributed by atoms with Crippen LogP contribution < -0.4 is 9.47 Å². The van der Waals surface area contributed by atoms with Gasteiger partial charge in [-0.1, -0.05) is 23.7 Å². The van der Waals surface area contributed by atoms with Gasteiger partial charge in [-0.3, -0.25) is 0 Å². The Morgan fingerprint density at radius 3 is 2.44 bits per heavy atom. The molecular formula is C14H13ClO3. The van der Waals surface area contributed by atoms with Gasteiger partial charge < -0.3 is 14.6 Å². The minimum absolute atomic E-state index is 0.134. The number of halogens is 1. The van der Waals surface area contributed by atoms with E-state index in [1.54, 1.807) is 31.4 Å². The maximum absolute atomic E-state index is 9.28. The smallest absolute Gasteiger partial charge is 0.169 e. The van der Waals surface area contributed by atoms with Gasteiger partial charge in [0.05, 0.1) is 13.7 Å². The van der Waals surface area contributed by atoms with Crippen LogP contribution in [0.1, 0.15) is 5.56 Å². The highest BCUT2D eigenvalue weighted by atomic mass is 35.5. The molecule has 0 spiro atoms. The molecule has 2 aromatic rings. The largest absolute Gasteiger partial charge is 0.493 e. The standard InChI is InChI=1S/C14H13ClO3/c1-17-13-4-2-3-5-14(13)18-12-7-6-11(15)8-10(12)9-16/h2-8,16H,9H2,1H3. The molecule has 0 aliphatic carbocycles. The van der Waals surface area contributed by atoms with Crippen LogP contribution in [0.15, 0.2) is 42.5 Å². The van der Waals surface area contributed by atoms with Crippen LogP contribution in [-0.2, 0) is 6.61 Å². The van der Waals surface area contributed by atoms with E-state index in [0.717, 1.165) is 0 Å². The third-order valence-electron chi connectivity index (χ3n) is 2.48. The summed E-state index contributed by atoms with van der Waals surface area (Å²) in [4.78, 5) is 0. The van der Waals surface area contributed by atoms with Gasteiger partial charge >= 0.3 is 0 Å². The molecule has 0 saturated heterocycles. The lowest BCUT2D eigenvalue weighted by Gasteiger charge is -2.12. The lowest BCUT2D eigenvalue weighted by atomic mass is 10.2. The minimum Gasteiger partial charge on any atom is -0.493 e. The van der Waals surface area contributed by atoms with E-state index in [1.807, 2.05) is 18.2 Å². The van der Waals surface area contributed by atoms with Crippen molar-refractivity contribution in [1.29, 1.82) is 0 Å². The first-order valence-corrected chi connectivity index (χ1v) is 5.82. The molecule has 2 aromatic carbocycles. The van der Waals surface area contributed by atoms with E-state index in [9.17, 15) is 5.11 Å². The molecule has 0 unspecified atom stereocenters. The van der Waals surface area contributed by atoms with Crippen LogP contribution in [0.2, 0.25) is 5.02 Å². The van der Waals surface area contributed by atoms with Crippen molar-refractivity contribution >= 4 is 11.6 Å².